The number of benzene rings is 1. The molecule has 1 aromatic rings. The summed E-state index contributed by atoms with van der Waals surface area (Å²) in [5.41, 5.74) is 3.45. The Morgan fingerprint density at radius 2 is 1.72 bits per heavy atom. The van der Waals surface area contributed by atoms with Gasteiger partial charge in [0.15, 0.2) is 0 Å². The van der Waals surface area contributed by atoms with Crippen LogP contribution in [0.1, 0.15) is 5.56 Å². The van der Waals surface area contributed by atoms with Crippen molar-refractivity contribution in [2.75, 3.05) is 28.3 Å². The summed E-state index contributed by atoms with van der Waals surface area (Å²) in [6, 6.07) is 5.42. The molecule has 0 aliphatic rings. The molecular weight excluding hydrogens is 232 g/mol. The molecule has 0 aromatic heterocycles. The first-order valence-corrected chi connectivity index (χ1v) is 5.44. The van der Waals surface area contributed by atoms with Crippen LogP contribution in [-0.2, 0) is 4.79 Å². The van der Waals surface area contributed by atoms with Gasteiger partial charge in [-0.05, 0) is 23.8 Å². The molecule has 0 fully saturated rings. The quantitative estimate of drug-likeness (QED) is 0.632. The van der Waals surface area contributed by atoms with Gasteiger partial charge in [-0.2, -0.15) is 0 Å². The van der Waals surface area contributed by atoms with E-state index in [4.69, 9.17) is 9.47 Å². The van der Waals surface area contributed by atoms with Crippen molar-refractivity contribution in [2.24, 2.45) is 0 Å². The number of carbonyl (C=O) groups excluding carboxylic acids is 1. The van der Waals surface area contributed by atoms with Crippen LogP contribution in [0.2, 0.25) is 0 Å². The van der Waals surface area contributed by atoms with E-state index < -0.39 is 0 Å². The minimum Gasteiger partial charge on any atom is -0.497 e. The van der Waals surface area contributed by atoms with Gasteiger partial charge in [0.2, 0.25) is 0 Å². The van der Waals surface area contributed by atoms with Gasteiger partial charge in [0.25, 0.3) is 5.91 Å². The molecule has 0 saturated heterocycles. The molecule has 0 aliphatic heterocycles. The van der Waals surface area contributed by atoms with Crippen molar-refractivity contribution in [1.29, 1.82) is 0 Å². The van der Waals surface area contributed by atoms with E-state index in [1.807, 2.05) is 12.1 Å². The Labute approximate surface area is 107 Å². The molecule has 0 heterocycles. The second-order valence-corrected chi connectivity index (χ2v) is 3.85. The summed E-state index contributed by atoms with van der Waals surface area (Å²) in [7, 11) is 6.67. The number of nitrogens with one attached hydrogen (secondary N) is 1. The zero-order chi connectivity index (χ0) is 13.5. The highest BCUT2D eigenvalue weighted by atomic mass is 16.5. The Morgan fingerprint density at radius 1 is 1.17 bits per heavy atom. The number of hydrazine groups is 1. The predicted molar refractivity (Wildman–Crippen MR) is 70.4 cm³/mol. The van der Waals surface area contributed by atoms with Gasteiger partial charge in [-0.25, -0.2) is 5.01 Å². The van der Waals surface area contributed by atoms with Crippen LogP contribution in [0.4, 0.5) is 0 Å². The fourth-order valence-corrected chi connectivity index (χ4v) is 1.36. The van der Waals surface area contributed by atoms with Crippen molar-refractivity contribution >= 4 is 12.0 Å². The summed E-state index contributed by atoms with van der Waals surface area (Å²) >= 11 is 0. The van der Waals surface area contributed by atoms with Crippen LogP contribution in [0, 0.1) is 0 Å². The Balaban J connectivity index is 2.83. The van der Waals surface area contributed by atoms with E-state index in [1.165, 1.54) is 6.08 Å². The molecule has 0 spiro atoms. The van der Waals surface area contributed by atoms with Crippen LogP contribution in [0.5, 0.6) is 11.5 Å². The molecule has 5 nitrogen and oxygen atoms in total. The van der Waals surface area contributed by atoms with Gasteiger partial charge in [0, 0.05) is 26.2 Å². The van der Waals surface area contributed by atoms with Gasteiger partial charge in [-0.3, -0.25) is 10.2 Å². The van der Waals surface area contributed by atoms with Crippen LogP contribution in [0.25, 0.3) is 6.08 Å². The van der Waals surface area contributed by atoms with Gasteiger partial charge in [-0.1, -0.05) is 0 Å². The average molecular weight is 250 g/mol. The molecule has 0 bridgehead atoms. The van der Waals surface area contributed by atoms with E-state index in [1.54, 1.807) is 45.5 Å². The van der Waals surface area contributed by atoms with Gasteiger partial charge in [0.1, 0.15) is 11.5 Å². The fraction of sp³-hybridized carbons (Fsp3) is 0.308. The Bertz CT molecular complexity index is 420. The molecule has 0 saturated carbocycles. The first-order valence-electron chi connectivity index (χ1n) is 5.44. The third-order valence-corrected chi connectivity index (χ3v) is 2.13. The number of rotatable bonds is 5. The average Bonchev–Trinajstić information content (AvgIpc) is 2.35. The molecule has 0 atom stereocenters. The molecule has 1 aromatic carbocycles. The first kappa shape index (κ1) is 14.1. The van der Waals surface area contributed by atoms with E-state index in [2.05, 4.69) is 5.43 Å². The van der Waals surface area contributed by atoms with Crippen molar-refractivity contribution in [3.8, 4) is 11.5 Å². The lowest BCUT2D eigenvalue weighted by atomic mass is 10.2. The molecule has 18 heavy (non-hydrogen) atoms. The SMILES string of the molecule is COc1cc(/C=C/C(=O)NN(C)C)cc(OC)c1. The van der Waals surface area contributed by atoms with Gasteiger partial charge in [-0.15, -0.1) is 0 Å². The lowest BCUT2D eigenvalue weighted by Gasteiger charge is -2.09. The van der Waals surface area contributed by atoms with Gasteiger partial charge in [0.05, 0.1) is 14.2 Å². The minimum absolute atomic E-state index is 0.193. The highest BCUT2D eigenvalue weighted by Crippen LogP contribution is 2.23. The van der Waals surface area contributed by atoms with Crippen molar-refractivity contribution in [1.82, 2.24) is 10.4 Å². The number of ether oxygens (including phenoxy) is 2. The van der Waals surface area contributed by atoms with Gasteiger partial charge >= 0.3 is 0 Å². The highest BCUT2D eigenvalue weighted by Gasteiger charge is 2.00. The molecule has 98 valence electrons. The minimum atomic E-state index is -0.193. The van der Waals surface area contributed by atoms with Crippen LogP contribution in [-0.4, -0.2) is 39.2 Å². The van der Waals surface area contributed by atoms with E-state index in [-0.39, 0.29) is 5.91 Å². The smallest absolute Gasteiger partial charge is 0.258 e. The number of methoxy groups -OCH3 is 2. The van der Waals surface area contributed by atoms with E-state index in [0.29, 0.717) is 11.5 Å². The zero-order valence-electron chi connectivity index (χ0n) is 11.1. The van der Waals surface area contributed by atoms with Crippen LogP contribution >= 0.6 is 0 Å². The zero-order valence-corrected chi connectivity index (χ0v) is 11.1. The van der Waals surface area contributed by atoms with E-state index >= 15 is 0 Å². The second kappa shape index (κ2) is 6.66. The maximum Gasteiger partial charge on any atom is 0.258 e. The summed E-state index contributed by atoms with van der Waals surface area (Å²) in [6.07, 6.45) is 3.15. The largest absolute Gasteiger partial charge is 0.497 e. The van der Waals surface area contributed by atoms with Crippen LogP contribution in [0.15, 0.2) is 24.3 Å². The molecule has 1 N–H and O–H groups in total. The van der Waals surface area contributed by atoms with Crippen LogP contribution < -0.4 is 14.9 Å². The maximum atomic E-state index is 11.4. The molecule has 1 amide bonds. The Kier molecular flexibility index (Phi) is 5.20. The van der Waals surface area contributed by atoms with Crippen molar-refractivity contribution in [3.63, 3.8) is 0 Å². The van der Waals surface area contributed by atoms with E-state index in [0.717, 1.165) is 5.56 Å². The second-order valence-electron chi connectivity index (χ2n) is 3.85. The maximum absolute atomic E-state index is 11.4. The predicted octanol–water partition coefficient (Wildman–Crippen LogP) is 1.31. The summed E-state index contributed by atoms with van der Waals surface area (Å²) in [6.45, 7) is 0. The molecule has 0 aliphatic carbocycles. The summed E-state index contributed by atoms with van der Waals surface area (Å²) in [5.74, 6) is 1.17. The number of hydrogen-bond donors (Lipinski definition) is 1. The number of nitrogens with zero attached hydrogens (tertiary/aromatic N) is 1. The van der Waals surface area contributed by atoms with E-state index in [9.17, 15) is 4.79 Å². The highest BCUT2D eigenvalue weighted by molar-refractivity contribution is 5.91. The number of carbonyl (C=O) groups is 1. The topological polar surface area (TPSA) is 50.8 Å². The number of hydrogen-bond acceptors (Lipinski definition) is 4. The molecule has 0 radical (unpaired) electrons. The molecule has 0 unspecified atom stereocenters. The summed E-state index contributed by atoms with van der Waals surface area (Å²) in [5, 5.41) is 1.58. The third-order valence-electron chi connectivity index (χ3n) is 2.13. The number of amides is 1. The first-order chi connectivity index (χ1) is 8.55. The summed E-state index contributed by atoms with van der Waals surface area (Å²) < 4.78 is 10.3. The Hall–Kier alpha value is -2.01. The van der Waals surface area contributed by atoms with Crippen molar-refractivity contribution < 1.29 is 14.3 Å². The standard InChI is InChI=1S/C13H18N2O3/c1-15(2)14-13(16)6-5-10-7-11(17-3)9-12(8-10)18-4/h5-9H,1-4H3,(H,14,16)/b6-5+. The lowest BCUT2D eigenvalue weighted by Crippen LogP contribution is -2.34. The fourth-order valence-electron chi connectivity index (χ4n) is 1.36. The summed E-state index contributed by atoms with van der Waals surface area (Å²) in [4.78, 5) is 11.4. The molecule has 1 rings (SSSR count). The normalized spacial score (nSPS) is 10.7. The molecule has 5 heteroatoms. The monoisotopic (exact) mass is 250 g/mol. The Morgan fingerprint density at radius 3 is 2.17 bits per heavy atom. The lowest BCUT2D eigenvalue weighted by molar-refractivity contribution is -0.119. The molecular formula is C13H18N2O3. The van der Waals surface area contributed by atoms with Crippen molar-refractivity contribution in [2.45, 2.75) is 0 Å². The van der Waals surface area contributed by atoms with Crippen molar-refractivity contribution in [3.05, 3.63) is 29.8 Å². The third kappa shape index (κ3) is 4.47. The van der Waals surface area contributed by atoms with Gasteiger partial charge < -0.3 is 9.47 Å². The van der Waals surface area contributed by atoms with Crippen LogP contribution in [0.3, 0.4) is 0 Å².